The van der Waals surface area contributed by atoms with E-state index in [0.717, 1.165) is 35.9 Å². The molecule has 0 N–H and O–H groups in total. The monoisotopic (exact) mass is 340 g/mol. The van der Waals surface area contributed by atoms with Gasteiger partial charge in [-0.2, -0.15) is 0 Å². The average Bonchev–Trinajstić information content (AvgIpc) is 2.47. The number of hydrogen-bond donors (Lipinski definition) is 0. The number of carbonyl (C=O) groups excluding carboxylic acids is 1. The van der Waals surface area contributed by atoms with Gasteiger partial charge in [-0.1, -0.05) is 22.0 Å². The molecule has 0 aliphatic carbocycles. The van der Waals surface area contributed by atoms with Crippen LogP contribution >= 0.6 is 15.9 Å². The van der Waals surface area contributed by atoms with Crippen LogP contribution in [0.5, 0.6) is 5.75 Å². The Hall–Kier alpha value is -1.29. The fourth-order valence-electron chi connectivity index (χ4n) is 1.84. The largest absolute Gasteiger partial charge is 0.493 e. The van der Waals surface area contributed by atoms with E-state index in [4.69, 9.17) is 9.47 Å². The predicted octanol–water partition coefficient (Wildman–Crippen LogP) is 4.15. The van der Waals surface area contributed by atoms with Crippen LogP contribution in [0.1, 0.15) is 35.2 Å². The first-order valence-electron chi connectivity index (χ1n) is 6.73. The molecule has 110 valence electrons. The number of methoxy groups -OCH3 is 1. The van der Waals surface area contributed by atoms with Gasteiger partial charge in [0, 0.05) is 5.33 Å². The normalized spacial score (nSPS) is 10.1. The highest BCUT2D eigenvalue weighted by atomic mass is 79.9. The van der Waals surface area contributed by atoms with Gasteiger partial charge in [-0.3, -0.25) is 0 Å². The summed E-state index contributed by atoms with van der Waals surface area (Å²) in [6.07, 6.45) is 5.79. The first-order chi connectivity index (χ1) is 9.72. The third-order valence-corrected chi connectivity index (χ3v) is 3.44. The van der Waals surface area contributed by atoms with Crippen molar-refractivity contribution in [1.29, 1.82) is 0 Å². The number of halogens is 1. The van der Waals surface area contributed by atoms with Crippen molar-refractivity contribution >= 4 is 21.9 Å². The Labute approximate surface area is 129 Å². The van der Waals surface area contributed by atoms with Crippen LogP contribution in [0, 0.1) is 0 Å². The maximum atomic E-state index is 11.5. The highest BCUT2D eigenvalue weighted by Gasteiger charge is 2.10. The number of rotatable bonds is 9. The lowest BCUT2D eigenvalue weighted by atomic mass is 10.1. The first-order valence-corrected chi connectivity index (χ1v) is 7.86. The van der Waals surface area contributed by atoms with Crippen LogP contribution in [0.15, 0.2) is 30.9 Å². The van der Waals surface area contributed by atoms with Crippen molar-refractivity contribution in [2.45, 2.75) is 25.7 Å². The summed E-state index contributed by atoms with van der Waals surface area (Å²) in [5.74, 6) is 0.482. The quantitative estimate of drug-likeness (QED) is 0.293. The lowest BCUT2D eigenvalue weighted by Gasteiger charge is -2.11. The molecule has 0 bridgehead atoms. The molecule has 0 saturated heterocycles. The van der Waals surface area contributed by atoms with Gasteiger partial charge in [0.15, 0.2) is 0 Å². The van der Waals surface area contributed by atoms with Crippen molar-refractivity contribution in [3.05, 3.63) is 42.0 Å². The van der Waals surface area contributed by atoms with Crippen LogP contribution in [0.3, 0.4) is 0 Å². The maximum Gasteiger partial charge on any atom is 0.337 e. The van der Waals surface area contributed by atoms with Crippen molar-refractivity contribution in [1.82, 2.24) is 0 Å². The fourth-order valence-corrected chi connectivity index (χ4v) is 2.23. The molecular weight excluding hydrogens is 320 g/mol. The second-order valence-corrected chi connectivity index (χ2v) is 5.20. The Kier molecular flexibility index (Phi) is 8.04. The summed E-state index contributed by atoms with van der Waals surface area (Å²) >= 11 is 3.41. The topological polar surface area (TPSA) is 35.5 Å². The summed E-state index contributed by atoms with van der Waals surface area (Å²) in [6.45, 7) is 4.42. The molecule has 1 aromatic rings. The first kappa shape index (κ1) is 16.8. The molecule has 4 heteroatoms. The second-order valence-electron chi connectivity index (χ2n) is 4.40. The van der Waals surface area contributed by atoms with Crippen LogP contribution in [0.4, 0.5) is 0 Å². The number of hydrogen-bond acceptors (Lipinski definition) is 3. The molecule has 0 heterocycles. The van der Waals surface area contributed by atoms with Gasteiger partial charge in [0.2, 0.25) is 0 Å². The van der Waals surface area contributed by atoms with Crippen molar-refractivity contribution in [2.75, 3.05) is 19.0 Å². The lowest BCUT2D eigenvalue weighted by molar-refractivity contribution is 0.0600. The molecule has 0 aromatic heterocycles. The third kappa shape index (κ3) is 5.37. The van der Waals surface area contributed by atoms with E-state index >= 15 is 0 Å². The fraction of sp³-hybridized carbons (Fsp3) is 0.438. The van der Waals surface area contributed by atoms with Gasteiger partial charge in [-0.15, -0.1) is 6.58 Å². The minimum Gasteiger partial charge on any atom is -0.493 e. The van der Waals surface area contributed by atoms with Crippen LogP contribution in [-0.4, -0.2) is 25.0 Å². The summed E-state index contributed by atoms with van der Waals surface area (Å²) in [4.78, 5) is 11.5. The van der Waals surface area contributed by atoms with E-state index in [2.05, 4.69) is 22.5 Å². The van der Waals surface area contributed by atoms with Gasteiger partial charge < -0.3 is 9.47 Å². The van der Waals surface area contributed by atoms with Gasteiger partial charge in [0.25, 0.3) is 0 Å². The van der Waals surface area contributed by atoms with Gasteiger partial charge in [0.1, 0.15) is 5.75 Å². The summed E-state index contributed by atoms with van der Waals surface area (Å²) in [5, 5.41) is 1.03. The molecule has 0 unspecified atom stereocenters. The van der Waals surface area contributed by atoms with E-state index in [9.17, 15) is 4.79 Å². The number of benzene rings is 1. The van der Waals surface area contributed by atoms with E-state index < -0.39 is 0 Å². The third-order valence-electron chi connectivity index (χ3n) is 2.88. The molecular formula is C16H21BrO3. The average molecular weight is 341 g/mol. The van der Waals surface area contributed by atoms with Crippen LogP contribution in [0.25, 0.3) is 0 Å². The Balaban J connectivity index is 2.69. The van der Waals surface area contributed by atoms with E-state index in [1.54, 1.807) is 18.2 Å². The molecule has 3 nitrogen and oxygen atoms in total. The van der Waals surface area contributed by atoms with E-state index in [-0.39, 0.29) is 5.97 Å². The molecule has 0 aliphatic heterocycles. The van der Waals surface area contributed by atoms with Gasteiger partial charge in [-0.25, -0.2) is 4.79 Å². The molecule has 0 radical (unpaired) electrons. The Bertz CT molecular complexity index is 443. The summed E-state index contributed by atoms with van der Waals surface area (Å²) < 4.78 is 10.5. The van der Waals surface area contributed by atoms with Crippen molar-refractivity contribution in [2.24, 2.45) is 0 Å². The van der Waals surface area contributed by atoms with Crippen molar-refractivity contribution in [3.63, 3.8) is 0 Å². The number of carbonyl (C=O) groups is 1. The smallest absolute Gasteiger partial charge is 0.337 e. The Morgan fingerprint density at radius 2 is 2.15 bits per heavy atom. The molecule has 20 heavy (non-hydrogen) atoms. The molecule has 1 rings (SSSR count). The highest BCUT2D eigenvalue weighted by Crippen LogP contribution is 2.22. The van der Waals surface area contributed by atoms with Gasteiger partial charge in [-0.05, 0) is 49.4 Å². The van der Waals surface area contributed by atoms with Crippen molar-refractivity contribution in [3.8, 4) is 5.75 Å². The predicted molar refractivity (Wildman–Crippen MR) is 84.8 cm³/mol. The molecule has 0 amide bonds. The maximum absolute atomic E-state index is 11.5. The van der Waals surface area contributed by atoms with Crippen LogP contribution in [0.2, 0.25) is 0 Å². The summed E-state index contributed by atoms with van der Waals surface area (Å²) in [5.41, 5.74) is 1.50. The minimum absolute atomic E-state index is 0.334. The molecule has 1 aromatic carbocycles. The lowest BCUT2D eigenvalue weighted by Crippen LogP contribution is -2.05. The standard InChI is InChI=1S/C16H21BrO3/c1-3-7-13-12-14(16(18)19-2)8-9-15(13)20-11-6-4-5-10-17/h3,8-9,12H,1,4-7,10-11H2,2H3. The minimum atomic E-state index is -0.334. The summed E-state index contributed by atoms with van der Waals surface area (Å²) in [6, 6.07) is 5.36. The zero-order chi connectivity index (χ0) is 14.8. The molecule has 0 saturated carbocycles. The van der Waals surface area contributed by atoms with Gasteiger partial charge >= 0.3 is 5.97 Å². The molecule has 0 spiro atoms. The number of allylic oxidation sites excluding steroid dienone is 1. The molecule has 0 atom stereocenters. The second kappa shape index (κ2) is 9.59. The Morgan fingerprint density at radius 1 is 1.35 bits per heavy atom. The van der Waals surface area contributed by atoms with Crippen LogP contribution < -0.4 is 4.74 Å². The zero-order valence-electron chi connectivity index (χ0n) is 11.9. The van der Waals surface area contributed by atoms with Crippen molar-refractivity contribution < 1.29 is 14.3 Å². The molecule has 0 fully saturated rings. The highest BCUT2D eigenvalue weighted by molar-refractivity contribution is 9.09. The van der Waals surface area contributed by atoms with E-state index in [1.807, 2.05) is 6.07 Å². The van der Waals surface area contributed by atoms with E-state index in [0.29, 0.717) is 18.6 Å². The molecule has 0 aliphatic rings. The number of alkyl halides is 1. The van der Waals surface area contributed by atoms with Gasteiger partial charge in [0.05, 0.1) is 19.3 Å². The van der Waals surface area contributed by atoms with Crippen LogP contribution in [-0.2, 0) is 11.2 Å². The summed E-state index contributed by atoms with van der Waals surface area (Å²) in [7, 11) is 1.38. The van der Waals surface area contributed by atoms with E-state index in [1.165, 1.54) is 7.11 Å². The number of ether oxygens (including phenoxy) is 2. The zero-order valence-corrected chi connectivity index (χ0v) is 13.4. The number of esters is 1. The SMILES string of the molecule is C=CCc1cc(C(=O)OC)ccc1OCCCCCBr. The number of unbranched alkanes of at least 4 members (excludes halogenated alkanes) is 2. The Morgan fingerprint density at radius 3 is 2.80 bits per heavy atom.